The Labute approximate surface area is 112 Å². The highest BCUT2D eigenvalue weighted by Gasteiger charge is 2.29. The van der Waals surface area contributed by atoms with E-state index in [-0.39, 0.29) is 10.8 Å². The number of hydrogen-bond acceptors (Lipinski definition) is 2. The summed E-state index contributed by atoms with van der Waals surface area (Å²) in [7, 11) is 0. The van der Waals surface area contributed by atoms with Gasteiger partial charge in [0.15, 0.2) is 0 Å². The van der Waals surface area contributed by atoms with Crippen molar-refractivity contribution in [1.82, 2.24) is 0 Å². The van der Waals surface area contributed by atoms with Crippen LogP contribution < -0.4 is 5.73 Å². The smallest absolute Gasteiger partial charge is 0.254 e. The predicted molar refractivity (Wildman–Crippen MR) is 79.2 cm³/mol. The Morgan fingerprint density at radius 2 is 1.47 bits per heavy atom. The highest BCUT2D eigenvalue weighted by atomic mass is 32.1. The summed E-state index contributed by atoms with van der Waals surface area (Å²) in [5, 5.41) is 0.208. The number of thiocarbonyl (C=S) groups is 1. The van der Waals surface area contributed by atoms with Gasteiger partial charge in [-0.15, -0.1) is 0 Å². The Kier molecular flexibility index (Phi) is 9.52. The summed E-state index contributed by atoms with van der Waals surface area (Å²) in [6, 6.07) is 0. The molecule has 2 N–H and O–H groups in total. The molecule has 0 aromatic rings. The van der Waals surface area contributed by atoms with Gasteiger partial charge in [-0.3, -0.25) is 0 Å². The van der Waals surface area contributed by atoms with E-state index in [1.807, 2.05) is 0 Å². The van der Waals surface area contributed by atoms with Gasteiger partial charge in [0.05, 0.1) is 0 Å². The molecule has 0 aliphatic rings. The van der Waals surface area contributed by atoms with Gasteiger partial charge in [0, 0.05) is 0 Å². The molecule has 0 heterocycles. The zero-order valence-corrected chi connectivity index (χ0v) is 12.6. The lowest BCUT2D eigenvalue weighted by atomic mass is 9.87. The van der Waals surface area contributed by atoms with Gasteiger partial charge >= 0.3 is 0 Å². The maximum absolute atomic E-state index is 5.79. The molecule has 2 nitrogen and oxygen atoms in total. The molecule has 0 aliphatic carbocycles. The van der Waals surface area contributed by atoms with Crippen LogP contribution in [0.5, 0.6) is 0 Å². The molecule has 0 saturated carbocycles. The molecule has 0 fully saturated rings. The molecule has 0 unspecified atom stereocenters. The van der Waals surface area contributed by atoms with Gasteiger partial charge in [-0.1, -0.05) is 46.5 Å². The third-order valence-corrected chi connectivity index (χ3v) is 3.52. The normalized spacial score (nSPS) is 11.5. The van der Waals surface area contributed by atoms with E-state index in [1.165, 1.54) is 38.5 Å². The summed E-state index contributed by atoms with van der Waals surface area (Å²) in [5.74, 6) is 0. The largest absolute Gasteiger partial charge is 0.465 e. The molecule has 0 atom stereocenters. The molecule has 17 heavy (non-hydrogen) atoms. The van der Waals surface area contributed by atoms with E-state index in [4.69, 9.17) is 22.7 Å². The molecule has 102 valence electrons. The standard InChI is InChI=1S/C14H29NOS/c1-4-7-9-11-14(6-3,16-13(15)17)12-10-8-5-2/h4-12H2,1-3H3,(H2,15,17). The average Bonchev–Trinajstić information content (AvgIpc) is 2.28. The summed E-state index contributed by atoms with van der Waals surface area (Å²) < 4.78 is 5.79. The molecule has 0 saturated heterocycles. The zero-order valence-electron chi connectivity index (χ0n) is 11.8. The highest BCUT2D eigenvalue weighted by molar-refractivity contribution is 7.80. The van der Waals surface area contributed by atoms with E-state index in [9.17, 15) is 0 Å². The minimum atomic E-state index is -0.101. The molecule has 0 spiro atoms. The van der Waals surface area contributed by atoms with Crippen LogP contribution in [0.3, 0.4) is 0 Å². The second-order valence-corrected chi connectivity index (χ2v) is 5.27. The molecule has 0 bridgehead atoms. The monoisotopic (exact) mass is 259 g/mol. The first-order chi connectivity index (χ1) is 8.10. The summed E-state index contributed by atoms with van der Waals surface area (Å²) in [4.78, 5) is 0. The SMILES string of the molecule is CCCCCC(CC)(CCCCC)OC(N)=S. The van der Waals surface area contributed by atoms with Crippen molar-refractivity contribution in [3.63, 3.8) is 0 Å². The van der Waals surface area contributed by atoms with Crippen LogP contribution in [-0.2, 0) is 4.74 Å². The summed E-state index contributed by atoms with van der Waals surface area (Å²) >= 11 is 4.92. The minimum Gasteiger partial charge on any atom is -0.465 e. The first kappa shape index (κ1) is 16.7. The molecule has 0 aromatic carbocycles. The summed E-state index contributed by atoms with van der Waals surface area (Å²) in [5.41, 5.74) is 5.47. The fraction of sp³-hybridized carbons (Fsp3) is 0.929. The fourth-order valence-corrected chi connectivity index (χ4v) is 2.44. The van der Waals surface area contributed by atoms with Crippen molar-refractivity contribution < 1.29 is 4.74 Å². The van der Waals surface area contributed by atoms with E-state index in [0.717, 1.165) is 19.3 Å². The van der Waals surface area contributed by atoms with Crippen LogP contribution in [0.15, 0.2) is 0 Å². The maximum Gasteiger partial charge on any atom is 0.254 e. The number of ether oxygens (including phenoxy) is 1. The molecular formula is C14H29NOS. The number of unbranched alkanes of at least 4 members (excludes halogenated alkanes) is 4. The molecule has 0 radical (unpaired) electrons. The lowest BCUT2D eigenvalue weighted by Gasteiger charge is -2.33. The second-order valence-electron chi connectivity index (χ2n) is 4.87. The van der Waals surface area contributed by atoms with Crippen molar-refractivity contribution in [2.75, 3.05) is 0 Å². The summed E-state index contributed by atoms with van der Waals surface area (Å²) in [6.45, 7) is 6.62. The van der Waals surface area contributed by atoms with Crippen LogP contribution in [0.1, 0.15) is 78.6 Å². The Morgan fingerprint density at radius 3 is 1.76 bits per heavy atom. The number of nitrogens with two attached hydrogens (primary N) is 1. The van der Waals surface area contributed by atoms with E-state index in [1.54, 1.807) is 0 Å². The average molecular weight is 259 g/mol. The predicted octanol–water partition coefficient (Wildman–Crippen LogP) is 4.56. The van der Waals surface area contributed by atoms with Crippen LogP contribution in [0.2, 0.25) is 0 Å². The quantitative estimate of drug-likeness (QED) is 0.461. The first-order valence-corrected chi connectivity index (χ1v) is 7.49. The fourth-order valence-electron chi connectivity index (χ4n) is 2.26. The van der Waals surface area contributed by atoms with Gasteiger partial charge in [0.1, 0.15) is 5.60 Å². The third-order valence-electron chi connectivity index (χ3n) is 3.43. The Balaban J connectivity index is 4.33. The van der Waals surface area contributed by atoms with Crippen molar-refractivity contribution in [2.24, 2.45) is 5.73 Å². The van der Waals surface area contributed by atoms with E-state index in [0.29, 0.717) is 0 Å². The molecule has 0 rings (SSSR count). The summed E-state index contributed by atoms with van der Waals surface area (Å²) in [6.07, 6.45) is 10.6. The van der Waals surface area contributed by atoms with Crippen LogP contribution in [-0.4, -0.2) is 10.8 Å². The van der Waals surface area contributed by atoms with Crippen LogP contribution >= 0.6 is 12.2 Å². The van der Waals surface area contributed by atoms with Gasteiger partial charge in [0.25, 0.3) is 5.17 Å². The lowest BCUT2D eigenvalue weighted by molar-refractivity contribution is 0.0303. The molecule has 0 amide bonds. The van der Waals surface area contributed by atoms with Gasteiger partial charge < -0.3 is 10.5 Å². The topological polar surface area (TPSA) is 35.2 Å². The van der Waals surface area contributed by atoms with Crippen LogP contribution in [0.25, 0.3) is 0 Å². The van der Waals surface area contributed by atoms with Crippen molar-refractivity contribution in [2.45, 2.75) is 84.2 Å². The van der Waals surface area contributed by atoms with Crippen molar-refractivity contribution in [3.8, 4) is 0 Å². The molecule has 0 aromatic heterocycles. The Hall–Kier alpha value is -0.310. The number of hydrogen-bond donors (Lipinski definition) is 1. The zero-order chi connectivity index (χ0) is 13.1. The van der Waals surface area contributed by atoms with Crippen molar-refractivity contribution in [3.05, 3.63) is 0 Å². The molecular weight excluding hydrogens is 230 g/mol. The molecule has 3 heteroatoms. The van der Waals surface area contributed by atoms with Crippen molar-refractivity contribution >= 4 is 17.4 Å². The number of rotatable bonds is 10. The van der Waals surface area contributed by atoms with Gasteiger partial charge in [-0.25, -0.2) is 0 Å². The first-order valence-electron chi connectivity index (χ1n) is 7.08. The van der Waals surface area contributed by atoms with E-state index < -0.39 is 0 Å². The Morgan fingerprint density at radius 1 is 1.00 bits per heavy atom. The Bertz CT molecular complexity index is 196. The van der Waals surface area contributed by atoms with Crippen LogP contribution in [0.4, 0.5) is 0 Å². The highest BCUT2D eigenvalue weighted by Crippen LogP contribution is 2.30. The van der Waals surface area contributed by atoms with Crippen LogP contribution in [0, 0.1) is 0 Å². The van der Waals surface area contributed by atoms with Gasteiger partial charge in [-0.2, -0.15) is 0 Å². The third kappa shape index (κ3) is 7.58. The second kappa shape index (κ2) is 9.69. The van der Waals surface area contributed by atoms with E-state index in [2.05, 4.69) is 20.8 Å². The maximum atomic E-state index is 5.79. The molecule has 0 aliphatic heterocycles. The van der Waals surface area contributed by atoms with Gasteiger partial charge in [0.2, 0.25) is 0 Å². The van der Waals surface area contributed by atoms with Gasteiger partial charge in [-0.05, 0) is 44.3 Å². The lowest BCUT2D eigenvalue weighted by Crippen LogP contribution is -2.36. The van der Waals surface area contributed by atoms with Crippen molar-refractivity contribution in [1.29, 1.82) is 0 Å². The minimum absolute atomic E-state index is 0.101. The van der Waals surface area contributed by atoms with E-state index >= 15 is 0 Å².